The number of furan rings is 1. The molecule has 3 heterocycles. The van der Waals surface area contributed by atoms with Crippen LogP contribution in [0.25, 0.3) is 21.7 Å². The van der Waals surface area contributed by atoms with Gasteiger partial charge in [-0.25, -0.2) is 0 Å². The van der Waals surface area contributed by atoms with Crippen molar-refractivity contribution in [2.24, 2.45) is 0 Å². The SMILES string of the molecule is CC(C)(C)c1ccc(N2c3cc4cc(C(C)(C)C)oc4cc3B3c4c(cc(C(C)(C)C)cc42)Oc2cc(N(c4ccccc4)c4ccccc4)c4ccccc4c23)cc1. The molecule has 0 amide bonds. The number of para-hydroxylation sites is 2. The van der Waals surface area contributed by atoms with E-state index in [1.54, 1.807) is 0 Å². The van der Waals surface area contributed by atoms with Crippen molar-refractivity contribution in [2.45, 2.75) is 78.6 Å². The lowest BCUT2D eigenvalue weighted by molar-refractivity contribution is 0.430. The van der Waals surface area contributed by atoms with E-state index in [4.69, 9.17) is 9.15 Å². The van der Waals surface area contributed by atoms with Gasteiger partial charge in [-0.15, -0.1) is 0 Å². The monoisotopic (exact) mass is 770 g/mol. The molecule has 7 aromatic carbocycles. The third-order valence-corrected chi connectivity index (χ3v) is 12.3. The molecule has 0 unspecified atom stereocenters. The summed E-state index contributed by atoms with van der Waals surface area (Å²) in [6, 6.07) is 53.3. The van der Waals surface area contributed by atoms with Crippen molar-refractivity contribution in [3.8, 4) is 11.5 Å². The summed E-state index contributed by atoms with van der Waals surface area (Å²) in [5.41, 5.74) is 13.4. The molecule has 0 N–H and O–H groups in total. The molecule has 2 aliphatic heterocycles. The third kappa shape index (κ3) is 6.13. The van der Waals surface area contributed by atoms with E-state index in [0.717, 1.165) is 67.7 Å². The Hall–Kier alpha value is -6.20. The summed E-state index contributed by atoms with van der Waals surface area (Å²) >= 11 is 0. The van der Waals surface area contributed by atoms with Crippen LogP contribution in [0.1, 0.15) is 79.2 Å². The highest BCUT2D eigenvalue weighted by Gasteiger charge is 2.44. The first-order valence-electron chi connectivity index (χ1n) is 21.0. The Labute approximate surface area is 349 Å². The molecule has 0 atom stereocenters. The van der Waals surface area contributed by atoms with Gasteiger partial charge < -0.3 is 19.0 Å². The van der Waals surface area contributed by atoms with Crippen LogP contribution in [0.3, 0.4) is 0 Å². The molecule has 4 nitrogen and oxygen atoms in total. The van der Waals surface area contributed by atoms with Crippen LogP contribution in [0, 0.1) is 0 Å². The van der Waals surface area contributed by atoms with Crippen molar-refractivity contribution in [1.82, 2.24) is 0 Å². The Morgan fingerprint density at radius 3 is 1.71 bits per heavy atom. The zero-order valence-corrected chi connectivity index (χ0v) is 35.6. The van der Waals surface area contributed by atoms with Gasteiger partial charge in [0.15, 0.2) is 0 Å². The van der Waals surface area contributed by atoms with Crippen molar-refractivity contribution in [2.75, 3.05) is 9.80 Å². The van der Waals surface area contributed by atoms with Crippen LogP contribution in [0.2, 0.25) is 0 Å². The van der Waals surface area contributed by atoms with E-state index in [9.17, 15) is 0 Å². The maximum Gasteiger partial charge on any atom is 0.257 e. The van der Waals surface area contributed by atoms with Crippen LogP contribution in [-0.2, 0) is 16.2 Å². The van der Waals surface area contributed by atoms with Gasteiger partial charge in [-0.2, -0.15) is 0 Å². The number of rotatable bonds is 4. The van der Waals surface area contributed by atoms with Crippen molar-refractivity contribution in [3.63, 3.8) is 0 Å². The lowest BCUT2D eigenvalue weighted by Gasteiger charge is -2.42. The van der Waals surface area contributed by atoms with Crippen molar-refractivity contribution in [1.29, 1.82) is 0 Å². The summed E-state index contributed by atoms with van der Waals surface area (Å²) in [6.45, 7) is 20.2. The lowest BCUT2D eigenvalue weighted by Crippen LogP contribution is -2.59. The van der Waals surface area contributed by atoms with Gasteiger partial charge in [0, 0.05) is 50.7 Å². The Bertz CT molecular complexity index is 2870. The van der Waals surface area contributed by atoms with Gasteiger partial charge in [0.25, 0.3) is 6.71 Å². The van der Waals surface area contributed by atoms with E-state index in [1.165, 1.54) is 32.9 Å². The van der Waals surface area contributed by atoms with Gasteiger partial charge in [-0.05, 0) is 110 Å². The molecule has 0 bridgehead atoms. The van der Waals surface area contributed by atoms with Crippen LogP contribution < -0.4 is 30.9 Å². The normalized spacial score (nSPS) is 13.6. The van der Waals surface area contributed by atoms with Gasteiger partial charge in [0.1, 0.15) is 22.8 Å². The predicted octanol–water partition coefficient (Wildman–Crippen LogP) is 13.4. The van der Waals surface area contributed by atoms with Gasteiger partial charge in [0.05, 0.1) is 5.69 Å². The third-order valence-electron chi connectivity index (χ3n) is 12.3. The number of ether oxygens (including phenoxy) is 1. The summed E-state index contributed by atoms with van der Waals surface area (Å²) in [4.78, 5) is 4.84. The van der Waals surface area contributed by atoms with Crippen molar-refractivity contribution < 1.29 is 9.15 Å². The van der Waals surface area contributed by atoms with Gasteiger partial charge in [-0.3, -0.25) is 0 Å². The molecular formula is C54H51BN2O2. The first-order valence-corrected chi connectivity index (χ1v) is 21.0. The highest BCUT2D eigenvalue weighted by Crippen LogP contribution is 2.48. The fourth-order valence-electron chi connectivity index (χ4n) is 9.08. The largest absolute Gasteiger partial charge is 0.461 e. The fraction of sp³-hybridized carbons (Fsp3) is 0.222. The van der Waals surface area contributed by atoms with E-state index in [0.29, 0.717) is 0 Å². The molecule has 0 saturated heterocycles. The van der Waals surface area contributed by atoms with E-state index < -0.39 is 0 Å². The minimum absolute atomic E-state index is 0.0368. The Balaban J connectivity index is 1.30. The van der Waals surface area contributed by atoms with Crippen molar-refractivity contribution >= 4 is 79.0 Å². The Morgan fingerprint density at radius 2 is 1.10 bits per heavy atom. The van der Waals surface area contributed by atoms with E-state index in [-0.39, 0.29) is 23.0 Å². The quantitative estimate of drug-likeness (QED) is 0.167. The number of hydrogen-bond donors (Lipinski definition) is 0. The summed E-state index contributed by atoms with van der Waals surface area (Å²) in [5, 5.41) is 3.44. The summed E-state index contributed by atoms with van der Waals surface area (Å²) < 4.78 is 14.1. The smallest absolute Gasteiger partial charge is 0.257 e. The minimum atomic E-state index is -0.138. The molecule has 10 rings (SSSR count). The first kappa shape index (κ1) is 37.1. The Morgan fingerprint density at radius 1 is 0.508 bits per heavy atom. The van der Waals surface area contributed by atoms with E-state index >= 15 is 0 Å². The first-order chi connectivity index (χ1) is 28.1. The van der Waals surface area contributed by atoms with Crippen LogP contribution in [0.4, 0.5) is 34.1 Å². The molecule has 292 valence electrons. The zero-order valence-electron chi connectivity index (χ0n) is 35.6. The maximum atomic E-state index is 7.35. The number of anilines is 6. The standard InChI is InChI=1S/C54H51BN2O2/c1-52(2,3)35-24-26-39(27-25-35)57-44-28-34-29-49(54(7,8)9)59-46(34)32-42(44)55-50-41-23-17-16-22-40(41)43(56(37-18-12-10-13-19-37)38-20-14-11-15-21-38)33-48(50)58-47-31-36(53(4,5)6)30-45(57)51(47)55/h10-33H,1-9H3. The second kappa shape index (κ2) is 13.2. The summed E-state index contributed by atoms with van der Waals surface area (Å²) in [5.74, 6) is 2.75. The fourth-order valence-corrected chi connectivity index (χ4v) is 9.08. The lowest BCUT2D eigenvalue weighted by atomic mass is 9.33. The number of benzene rings is 7. The summed E-state index contributed by atoms with van der Waals surface area (Å²) in [6.07, 6.45) is 0. The molecule has 8 aromatic rings. The average Bonchev–Trinajstić information content (AvgIpc) is 3.64. The molecule has 0 radical (unpaired) electrons. The predicted molar refractivity (Wildman–Crippen MR) is 250 cm³/mol. The molecule has 5 heteroatoms. The number of fused-ring (bicyclic) bond motifs is 7. The van der Waals surface area contributed by atoms with Crippen LogP contribution >= 0.6 is 0 Å². The molecule has 0 saturated carbocycles. The topological polar surface area (TPSA) is 28.9 Å². The highest BCUT2D eigenvalue weighted by atomic mass is 16.5. The van der Waals surface area contributed by atoms with Crippen LogP contribution in [0.15, 0.2) is 150 Å². The molecule has 0 fully saturated rings. The minimum Gasteiger partial charge on any atom is -0.461 e. The molecular weight excluding hydrogens is 719 g/mol. The van der Waals surface area contributed by atoms with Gasteiger partial charge in [0.2, 0.25) is 0 Å². The highest BCUT2D eigenvalue weighted by molar-refractivity contribution is 7.00. The second-order valence-corrected chi connectivity index (χ2v) is 19.5. The molecule has 2 aliphatic rings. The van der Waals surface area contributed by atoms with Crippen LogP contribution in [-0.4, -0.2) is 6.71 Å². The molecule has 0 aliphatic carbocycles. The summed E-state index contributed by atoms with van der Waals surface area (Å²) in [7, 11) is 0. The van der Waals surface area contributed by atoms with Crippen molar-refractivity contribution in [3.05, 3.63) is 162 Å². The van der Waals surface area contributed by atoms with E-state index in [1.807, 2.05) is 0 Å². The molecule has 59 heavy (non-hydrogen) atoms. The van der Waals surface area contributed by atoms with Gasteiger partial charge in [-0.1, -0.05) is 135 Å². The van der Waals surface area contributed by atoms with E-state index in [2.05, 4.69) is 218 Å². The average molecular weight is 771 g/mol. The molecule has 0 spiro atoms. The zero-order chi connectivity index (χ0) is 41.0. The Kier molecular flexibility index (Phi) is 8.27. The number of hydrogen-bond acceptors (Lipinski definition) is 4. The van der Waals surface area contributed by atoms with Gasteiger partial charge >= 0.3 is 0 Å². The maximum absolute atomic E-state index is 7.35. The number of nitrogens with zero attached hydrogens (tertiary/aromatic N) is 2. The second-order valence-electron chi connectivity index (χ2n) is 19.5. The molecule has 1 aromatic heterocycles. The van der Waals surface area contributed by atoms with Crippen LogP contribution in [0.5, 0.6) is 11.5 Å².